The van der Waals surface area contributed by atoms with Crippen molar-refractivity contribution >= 4 is 35.3 Å². The lowest BCUT2D eigenvalue weighted by molar-refractivity contribution is 0.257. The van der Waals surface area contributed by atoms with Gasteiger partial charge >= 0.3 is 6.03 Å². The van der Waals surface area contributed by atoms with E-state index in [2.05, 4.69) is 10.0 Å². The number of hydrogen-bond donors (Lipinski definition) is 2. The van der Waals surface area contributed by atoms with Gasteiger partial charge in [0.15, 0.2) is 0 Å². The highest BCUT2D eigenvalue weighted by atomic mass is 35.5. The van der Waals surface area contributed by atoms with Crippen LogP contribution in [0.1, 0.15) is 0 Å². The third kappa shape index (κ3) is 1.23. The number of hydrogen-bond acceptors (Lipinski definition) is 2. The molecule has 0 aromatic heterocycles. The number of halogens is 1. The average molecular weight is 201 g/mol. The van der Waals surface area contributed by atoms with E-state index in [1.165, 1.54) is 11.9 Å². The number of carbonyl (C=O) groups is 1. The Kier molecular flexibility index (Phi) is 1.86. The van der Waals surface area contributed by atoms with Crippen LogP contribution in [-0.4, -0.2) is 6.03 Å². The Labute approximate surface area is 78.6 Å². The van der Waals surface area contributed by atoms with Crippen LogP contribution >= 0.6 is 23.5 Å². The van der Waals surface area contributed by atoms with Crippen molar-refractivity contribution in [2.45, 2.75) is 4.90 Å². The number of anilines is 1. The number of fused-ring (bicyclic) bond motifs is 1. The minimum absolute atomic E-state index is 0.236. The van der Waals surface area contributed by atoms with E-state index in [-0.39, 0.29) is 6.03 Å². The van der Waals surface area contributed by atoms with Gasteiger partial charge in [-0.2, -0.15) is 0 Å². The number of rotatable bonds is 0. The van der Waals surface area contributed by atoms with Gasteiger partial charge in [-0.25, -0.2) is 4.79 Å². The van der Waals surface area contributed by atoms with Gasteiger partial charge < -0.3 is 5.32 Å². The smallest absolute Gasteiger partial charge is 0.305 e. The first-order valence-corrected chi connectivity index (χ1v) is 4.49. The lowest BCUT2D eigenvalue weighted by atomic mass is 10.3. The van der Waals surface area contributed by atoms with Crippen LogP contribution < -0.4 is 10.0 Å². The largest absolute Gasteiger partial charge is 0.329 e. The Bertz CT molecular complexity index is 342. The molecule has 0 radical (unpaired) electrons. The maximum atomic E-state index is 10.9. The molecule has 3 nitrogen and oxygen atoms in total. The molecule has 0 unspecified atom stereocenters. The highest BCUT2D eigenvalue weighted by Gasteiger charge is 2.16. The molecule has 12 heavy (non-hydrogen) atoms. The van der Waals surface area contributed by atoms with E-state index in [1.807, 2.05) is 12.1 Å². The van der Waals surface area contributed by atoms with Crippen LogP contribution in [0.2, 0.25) is 5.02 Å². The molecule has 1 heterocycles. The quantitative estimate of drug-likeness (QED) is 0.632. The van der Waals surface area contributed by atoms with E-state index in [9.17, 15) is 4.79 Å². The summed E-state index contributed by atoms with van der Waals surface area (Å²) in [6.45, 7) is 0. The number of amides is 2. The molecule has 5 heteroatoms. The predicted octanol–water partition coefficient (Wildman–Crippen LogP) is 2.48. The van der Waals surface area contributed by atoms with E-state index in [0.717, 1.165) is 4.90 Å². The molecule has 0 atom stereocenters. The fraction of sp³-hybridized carbons (Fsp3) is 0. The number of para-hydroxylation sites is 1. The van der Waals surface area contributed by atoms with Crippen molar-refractivity contribution in [3.63, 3.8) is 0 Å². The van der Waals surface area contributed by atoms with Gasteiger partial charge in [0.05, 0.1) is 15.6 Å². The summed E-state index contributed by atoms with van der Waals surface area (Å²) in [6.07, 6.45) is 0. The molecule has 0 fully saturated rings. The predicted molar refractivity (Wildman–Crippen MR) is 49.5 cm³/mol. The average Bonchev–Trinajstić information content (AvgIpc) is 2.07. The van der Waals surface area contributed by atoms with Crippen LogP contribution in [0.4, 0.5) is 10.5 Å². The molecule has 1 aromatic carbocycles. The van der Waals surface area contributed by atoms with E-state index < -0.39 is 0 Å². The molecule has 2 N–H and O–H groups in total. The lowest BCUT2D eigenvalue weighted by Gasteiger charge is -2.17. The molecule has 0 saturated heterocycles. The van der Waals surface area contributed by atoms with E-state index in [1.54, 1.807) is 6.07 Å². The van der Waals surface area contributed by atoms with Gasteiger partial charge in [0, 0.05) is 0 Å². The molecule has 0 bridgehead atoms. The van der Waals surface area contributed by atoms with Crippen molar-refractivity contribution in [3.8, 4) is 0 Å². The molecule has 1 aliphatic rings. The maximum absolute atomic E-state index is 10.9. The summed E-state index contributed by atoms with van der Waals surface area (Å²) in [4.78, 5) is 11.8. The summed E-state index contributed by atoms with van der Waals surface area (Å²) in [6, 6.07) is 5.23. The maximum Gasteiger partial charge on any atom is 0.329 e. The molecule has 62 valence electrons. The Morgan fingerprint density at radius 3 is 3.08 bits per heavy atom. The topological polar surface area (TPSA) is 41.1 Å². The Hall–Kier alpha value is -0.870. The van der Waals surface area contributed by atoms with Gasteiger partial charge in [0.2, 0.25) is 0 Å². The second kappa shape index (κ2) is 2.88. The third-order valence-corrected chi connectivity index (χ3v) is 2.63. The van der Waals surface area contributed by atoms with Crippen LogP contribution in [0.25, 0.3) is 0 Å². The monoisotopic (exact) mass is 200 g/mol. The zero-order chi connectivity index (χ0) is 8.55. The zero-order valence-electron chi connectivity index (χ0n) is 5.93. The van der Waals surface area contributed by atoms with Crippen molar-refractivity contribution in [2.24, 2.45) is 0 Å². The van der Waals surface area contributed by atoms with Crippen molar-refractivity contribution in [1.29, 1.82) is 0 Å². The fourth-order valence-corrected chi connectivity index (χ4v) is 1.89. The molecule has 1 aromatic rings. The van der Waals surface area contributed by atoms with Crippen molar-refractivity contribution < 1.29 is 4.79 Å². The summed E-state index contributed by atoms with van der Waals surface area (Å²) in [5, 5.41) is 3.19. The zero-order valence-corrected chi connectivity index (χ0v) is 7.50. The minimum atomic E-state index is -0.236. The van der Waals surface area contributed by atoms with Crippen LogP contribution in [0.15, 0.2) is 23.1 Å². The molecule has 2 amide bonds. The Balaban J connectivity index is 2.50. The second-order valence-corrected chi connectivity index (χ2v) is 3.53. The van der Waals surface area contributed by atoms with Gasteiger partial charge in [0.25, 0.3) is 0 Å². The van der Waals surface area contributed by atoms with Gasteiger partial charge in [-0.3, -0.25) is 4.72 Å². The minimum Gasteiger partial charge on any atom is -0.305 e. The second-order valence-electron chi connectivity index (χ2n) is 2.27. The van der Waals surface area contributed by atoms with E-state index in [4.69, 9.17) is 11.6 Å². The van der Waals surface area contributed by atoms with E-state index in [0.29, 0.717) is 10.7 Å². The van der Waals surface area contributed by atoms with E-state index >= 15 is 0 Å². The van der Waals surface area contributed by atoms with Crippen molar-refractivity contribution in [3.05, 3.63) is 23.2 Å². The highest BCUT2D eigenvalue weighted by molar-refractivity contribution is 7.98. The Morgan fingerprint density at radius 2 is 2.25 bits per heavy atom. The van der Waals surface area contributed by atoms with Gasteiger partial charge in [0.1, 0.15) is 0 Å². The van der Waals surface area contributed by atoms with Crippen molar-refractivity contribution in [1.82, 2.24) is 4.72 Å². The summed E-state index contributed by atoms with van der Waals surface area (Å²) >= 11 is 7.12. The number of urea groups is 1. The normalized spacial score (nSPS) is 14.6. The van der Waals surface area contributed by atoms with Gasteiger partial charge in [-0.05, 0) is 24.1 Å². The van der Waals surface area contributed by atoms with Gasteiger partial charge in [-0.15, -0.1) is 0 Å². The summed E-state index contributed by atoms with van der Waals surface area (Å²) in [5.41, 5.74) is 0.688. The van der Waals surface area contributed by atoms with Crippen LogP contribution in [0.5, 0.6) is 0 Å². The first-order chi connectivity index (χ1) is 5.77. The molecule has 0 spiro atoms. The first kappa shape index (κ1) is 7.76. The van der Waals surface area contributed by atoms with Gasteiger partial charge in [-0.1, -0.05) is 17.7 Å². The fourth-order valence-electron chi connectivity index (χ4n) is 0.951. The number of carbonyl (C=O) groups excluding carboxylic acids is 1. The molecular formula is C7H5ClN2OS. The SMILES string of the molecule is O=C1NSc2cccc(Cl)c2N1. The van der Waals surface area contributed by atoms with Crippen LogP contribution in [0.3, 0.4) is 0 Å². The standard InChI is InChI=1S/C7H5ClN2OS/c8-4-2-1-3-5-6(4)9-7(11)10-12-5/h1-3H,(H2,9,10,11). The molecule has 2 rings (SSSR count). The van der Waals surface area contributed by atoms with Crippen molar-refractivity contribution in [2.75, 3.05) is 5.32 Å². The molecular weight excluding hydrogens is 196 g/mol. The Morgan fingerprint density at radius 1 is 1.42 bits per heavy atom. The van der Waals surface area contributed by atoms with Crippen LogP contribution in [-0.2, 0) is 0 Å². The number of benzene rings is 1. The third-order valence-electron chi connectivity index (χ3n) is 1.47. The highest BCUT2D eigenvalue weighted by Crippen LogP contribution is 2.34. The summed E-state index contributed by atoms with van der Waals surface area (Å²) in [7, 11) is 0. The molecule has 1 aliphatic heterocycles. The lowest BCUT2D eigenvalue weighted by Crippen LogP contribution is -2.27. The molecule has 0 aliphatic carbocycles. The number of nitrogens with one attached hydrogen (secondary N) is 2. The summed E-state index contributed by atoms with van der Waals surface area (Å²) < 4.78 is 2.57. The van der Waals surface area contributed by atoms with Crippen LogP contribution in [0, 0.1) is 0 Å². The summed E-state index contributed by atoms with van der Waals surface area (Å²) in [5.74, 6) is 0. The first-order valence-electron chi connectivity index (χ1n) is 3.30. The molecule has 0 saturated carbocycles.